The molecule has 114 valence electrons. The minimum absolute atomic E-state index is 0.0759. The molecular weight excluding hydrogens is 266 g/mol. The van der Waals surface area contributed by atoms with Crippen LogP contribution in [0.1, 0.15) is 31.4 Å². The monoisotopic (exact) mass is 289 g/mol. The van der Waals surface area contributed by atoms with Crippen molar-refractivity contribution >= 4 is 11.5 Å². The van der Waals surface area contributed by atoms with Gasteiger partial charge in [0.05, 0.1) is 5.69 Å². The first-order valence-corrected chi connectivity index (χ1v) is 7.71. The zero-order valence-corrected chi connectivity index (χ0v) is 12.3. The lowest BCUT2D eigenvalue weighted by Gasteiger charge is -2.32. The summed E-state index contributed by atoms with van der Waals surface area (Å²) in [4.78, 5) is 9.18. The first-order valence-electron chi connectivity index (χ1n) is 7.71. The third kappa shape index (κ3) is 2.95. The van der Waals surface area contributed by atoms with Gasteiger partial charge in [-0.1, -0.05) is 11.6 Å². The van der Waals surface area contributed by atoms with Gasteiger partial charge in [-0.05, 0) is 44.5 Å². The Balaban J connectivity index is 1.74. The minimum atomic E-state index is 0.0759. The van der Waals surface area contributed by atoms with Crippen LogP contribution in [0.2, 0.25) is 0 Å². The standard InChI is InChI=1S/C15H23N5O/c16-15(18-21)14-13(5-4-7-17-14)20-10-6-12(11-20)19-8-2-1-3-9-19/h4-5,7,12,21H,1-3,6,8-11H2,(H2,16,18). The maximum absolute atomic E-state index is 8.91. The molecule has 0 aliphatic carbocycles. The Kier molecular flexibility index (Phi) is 4.24. The highest BCUT2D eigenvalue weighted by molar-refractivity contribution is 6.00. The lowest BCUT2D eigenvalue weighted by molar-refractivity contribution is 0.175. The predicted molar refractivity (Wildman–Crippen MR) is 82.8 cm³/mol. The Labute approximate surface area is 125 Å². The van der Waals surface area contributed by atoms with E-state index < -0.39 is 0 Å². The third-order valence-corrected chi connectivity index (χ3v) is 4.55. The van der Waals surface area contributed by atoms with Crippen molar-refractivity contribution in [1.29, 1.82) is 0 Å². The number of likely N-dealkylation sites (tertiary alicyclic amines) is 1. The number of hydrogen-bond acceptors (Lipinski definition) is 5. The van der Waals surface area contributed by atoms with Gasteiger partial charge in [0.1, 0.15) is 5.69 Å². The fourth-order valence-electron chi connectivity index (χ4n) is 3.44. The maximum Gasteiger partial charge on any atom is 0.190 e. The van der Waals surface area contributed by atoms with Crippen LogP contribution in [0.25, 0.3) is 0 Å². The SMILES string of the molecule is N/C(=N/O)c1ncccc1N1CCC(N2CCCCC2)C1. The van der Waals surface area contributed by atoms with E-state index in [-0.39, 0.29) is 5.84 Å². The number of piperidine rings is 1. The fraction of sp³-hybridized carbons (Fsp3) is 0.600. The molecule has 3 rings (SSSR count). The normalized spacial score (nSPS) is 24.5. The van der Waals surface area contributed by atoms with E-state index >= 15 is 0 Å². The Bertz CT molecular complexity index is 513. The Morgan fingerprint density at radius 3 is 2.86 bits per heavy atom. The summed E-state index contributed by atoms with van der Waals surface area (Å²) in [5.74, 6) is 0.0759. The molecule has 6 nitrogen and oxygen atoms in total. The summed E-state index contributed by atoms with van der Waals surface area (Å²) >= 11 is 0. The van der Waals surface area contributed by atoms with Crippen molar-refractivity contribution in [2.24, 2.45) is 10.9 Å². The molecule has 6 heteroatoms. The molecular formula is C15H23N5O. The van der Waals surface area contributed by atoms with Crippen molar-refractivity contribution in [3.8, 4) is 0 Å². The maximum atomic E-state index is 8.91. The molecule has 1 aromatic rings. The van der Waals surface area contributed by atoms with Crippen LogP contribution in [0, 0.1) is 0 Å². The van der Waals surface area contributed by atoms with Gasteiger partial charge < -0.3 is 15.8 Å². The van der Waals surface area contributed by atoms with Gasteiger partial charge in [0.25, 0.3) is 0 Å². The number of amidine groups is 1. The van der Waals surface area contributed by atoms with Gasteiger partial charge in [-0.15, -0.1) is 0 Å². The van der Waals surface area contributed by atoms with Crippen molar-refractivity contribution in [1.82, 2.24) is 9.88 Å². The summed E-state index contributed by atoms with van der Waals surface area (Å²) in [5.41, 5.74) is 7.27. The van der Waals surface area contributed by atoms with Gasteiger partial charge in [-0.2, -0.15) is 0 Å². The van der Waals surface area contributed by atoms with E-state index in [1.165, 1.54) is 38.8 Å². The summed E-state index contributed by atoms with van der Waals surface area (Å²) < 4.78 is 0. The quantitative estimate of drug-likeness (QED) is 0.379. The van der Waals surface area contributed by atoms with Gasteiger partial charge in [-0.3, -0.25) is 9.88 Å². The molecule has 2 fully saturated rings. The fourth-order valence-corrected chi connectivity index (χ4v) is 3.44. The van der Waals surface area contributed by atoms with Crippen molar-refractivity contribution < 1.29 is 5.21 Å². The number of hydrogen-bond donors (Lipinski definition) is 2. The van der Waals surface area contributed by atoms with E-state index in [1.54, 1.807) is 6.20 Å². The molecule has 0 amide bonds. The summed E-state index contributed by atoms with van der Waals surface area (Å²) in [6.45, 7) is 4.44. The zero-order valence-electron chi connectivity index (χ0n) is 12.3. The van der Waals surface area contributed by atoms with Crippen LogP contribution < -0.4 is 10.6 Å². The van der Waals surface area contributed by atoms with Gasteiger partial charge >= 0.3 is 0 Å². The first kappa shape index (κ1) is 14.1. The van der Waals surface area contributed by atoms with E-state index in [2.05, 4.69) is 19.9 Å². The van der Waals surface area contributed by atoms with Gasteiger partial charge in [0.15, 0.2) is 5.84 Å². The Hall–Kier alpha value is -1.82. The second kappa shape index (κ2) is 6.30. The molecule has 0 bridgehead atoms. The number of oxime groups is 1. The first-order chi connectivity index (χ1) is 10.3. The molecule has 0 spiro atoms. The topological polar surface area (TPSA) is 78.0 Å². The molecule has 1 atom stereocenters. The van der Waals surface area contributed by atoms with Crippen molar-refractivity contribution in [3.63, 3.8) is 0 Å². The van der Waals surface area contributed by atoms with Crippen LogP contribution in [0.15, 0.2) is 23.5 Å². The van der Waals surface area contributed by atoms with Crippen molar-refractivity contribution in [3.05, 3.63) is 24.0 Å². The van der Waals surface area contributed by atoms with Crippen LogP contribution in [-0.4, -0.2) is 53.1 Å². The molecule has 1 unspecified atom stereocenters. The van der Waals surface area contributed by atoms with E-state index in [0.29, 0.717) is 11.7 Å². The molecule has 0 saturated carbocycles. The number of nitrogens with two attached hydrogens (primary N) is 1. The molecule has 21 heavy (non-hydrogen) atoms. The molecule has 0 radical (unpaired) electrons. The second-order valence-electron chi connectivity index (χ2n) is 5.84. The average Bonchev–Trinajstić information content (AvgIpc) is 3.05. The van der Waals surface area contributed by atoms with Crippen LogP contribution in [0.3, 0.4) is 0 Å². The smallest absolute Gasteiger partial charge is 0.190 e. The molecule has 2 aliphatic rings. The summed E-state index contributed by atoms with van der Waals surface area (Å²) in [6, 6.07) is 4.52. The van der Waals surface area contributed by atoms with Crippen molar-refractivity contribution in [2.75, 3.05) is 31.1 Å². The minimum Gasteiger partial charge on any atom is -0.409 e. The third-order valence-electron chi connectivity index (χ3n) is 4.55. The van der Waals surface area contributed by atoms with Gasteiger partial charge in [-0.25, -0.2) is 0 Å². The van der Waals surface area contributed by atoms with E-state index in [1.807, 2.05) is 12.1 Å². The Morgan fingerprint density at radius 1 is 1.29 bits per heavy atom. The molecule has 0 aromatic carbocycles. The van der Waals surface area contributed by atoms with Gasteiger partial charge in [0, 0.05) is 25.3 Å². The molecule has 2 aliphatic heterocycles. The van der Waals surface area contributed by atoms with Crippen molar-refractivity contribution in [2.45, 2.75) is 31.7 Å². The highest BCUT2D eigenvalue weighted by Crippen LogP contribution is 2.26. The summed E-state index contributed by atoms with van der Waals surface area (Å²) in [7, 11) is 0. The highest BCUT2D eigenvalue weighted by atomic mass is 16.4. The summed E-state index contributed by atoms with van der Waals surface area (Å²) in [5, 5.41) is 12.0. The second-order valence-corrected chi connectivity index (χ2v) is 5.84. The summed E-state index contributed by atoms with van der Waals surface area (Å²) in [6.07, 6.45) is 6.85. The number of aromatic nitrogens is 1. The van der Waals surface area contributed by atoms with E-state index in [0.717, 1.165) is 18.8 Å². The van der Waals surface area contributed by atoms with Crippen LogP contribution in [-0.2, 0) is 0 Å². The van der Waals surface area contributed by atoms with Crippen LogP contribution in [0.4, 0.5) is 5.69 Å². The molecule has 3 heterocycles. The Morgan fingerprint density at radius 2 is 2.10 bits per heavy atom. The number of nitrogens with zero attached hydrogens (tertiary/aromatic N) is 4. The van der Waals surface area contributed by atoms with E-state index in [9.17, 15) is 0 Å². The highest BCUT2D eigenvalue weighted by Gasteiger charge is 2.30. The zero-order chi connectivity index (χ0) is 14.7. The van der Waals surface area contributed by atoms with Crippen LogP contribution >= 0.6 is 0 Å². The predicted octanol–water partition coefficient (Wildman–Crippen LogP) is 1.24. The molecule has 3 N–H and O–H groups in total. The lowest BCUT2D eigenvalue weighted by Crippen LogP contribution is -2.41. The van der Waals surface area contributed by atoms with E-state index in [4.69, 9.17) is 10.9 Å². The number of anilines is 1. The van der Waals surface area contributed by atoms with Gasteiger partial charge in [0.2, 0.25) is 0 Å². The largest absolute Gasteiger partial charge is 0.409 e. The number of rotatable bonds is 3. The lowest BCUT2D eigenvalue weighted by atomic mass is 10.1. The van der Waals surface area contributed by atoms with Crippen LogP contribution in [0.5, 0.6) is 0 Å². The number of pyridine rings is 1. The molecule has 1 aromatic heterocycles. The average molecular weight is 289 g/mol. The molecule has 2 saturated heterocycles.